The van der Waals surface area contributed by atoms with Gasteiger partial charge in [-0.15, -0.1) is 11.6 Å². The standard InChI is InChI=1S/C14H17Cl2NO3S/c1-20-14-10(7-15)5-11(16)6-13(14)21(18,19)17-8-9-2-3-12(17)4-9/h5-6,9,12H,2-4,7-8H2,1H3. The largest absolute Gasteiger partial charge is 0.495 e. The van der Waals surface area contributed by atoms with Crippen molar-refractivity contribution < 1.29 is 13.2 Å². The van der Waals surface area contributed by atoms with Gasteiger partial charge in [-0.3, -0.25) is 0 Å². The van der Waals surface area contributed by atoms with Crippen molar-refractivity contribution in [3.8, 4) is 5.75 Å². The van der Waals surface area contributed by atoms with E-state index in [1.165, 1.54) is 13.2 Å². The average molecular weight is 350 g/mol. The second-order valence-electron chi connectivity index (χ2n) is 5.64. The first-order valence-electron chi connectivity index (χ1n) is 6.91. The Balaban J connectivity index is 2.08. The minimum Gasteiger partial charge on any atom is -0.495 e. The molecule has 0 N–H and O–H groups in total. The first-order valence-corrected chi connectivity index (χ1v) is 9.27. The summed E-state index contributed by atoms with van der Waals surface area (Å²) in [6.07, 6.45) is 3.02. The number of sulfonamides is 1. The number of rotatable bonds is 4. The number of benzene rings is 1. The lowest BCUT2D eigenvalue weighted by Crippen LogP contribution is -2.37. The number of methoxy groups -OCH3 is 1. The van der Waals surface area contributed by atoms with E-state index in [-0.39, 0.29) is 16.8 Å². The number of alkyl halides is 1. The maximum absolute atomic E-state index is 13.0. The fourth-order valence-electron chi connectivity index (χ4n) is 3.45. The van der Waals surface area contributed by atoms with Gasteiger partial charge in [0, 0.05) is 23.2 Å². The lowest BCUT2D eigenvalue weighted by Gasteiger charge is -2.27. The van der Waals surface area contributed by atoms with Crippen LogP contribution in [-0.2, 0) is 15.9 Å². The van der Waals surface area contributed by atoms with Crippen LogP contribution in [0, 0.1) is 5.92 Å². The predicted molar refractivity (Wildman–Crippen MR) is 82.6 cm³/mol. The van der Waals surface area contributed by atoms with E-state index in [1.54, 1.807) is 10.4 Å². The molecule has 1 heterocycles. The molecular weight excluding hydrogens is 333 g/mol. The third kappa shape index (κ3) is 2.54. The Kier molecular flexibility index (Phi) is 4.12. The third-order valence-corrected chi connectivity index (χ3v) is 6.82. The summed E-state index contributed by atoms with van der Waals surface area (Å²) in [6.45, 7) is 0.596. The van der Waals surface area contributed by atoms with Gasteiger partial charge in [0.15, 0.2) is 0 Å². The van der Waals surface area contributed by atoms with Crippen molar-refractivity contribution in [3.05, 3.63) is 22.7 Å². The maximum Gasteiger partial charge on any atom is 0.247 e. The normalized spacial score (nSPS) is 25.5. The summed E-state index contributed by atoms with van der Waals surface area (Å²) < 4.78 is 32.8. The Labute approximate surface area is 135 Å². The smallest absolute Gasteiger partial charge is 0.247 e. The molecule has 1 aromatic rings. The van der Waals surface area contributed by atoms with E-state index in [4.69, 9.17) is 27.9 Å². The summed E-state index contributed by atoms with van der Waals surface area (Å²) in [5, 5.41) is 0.356. The second kappa shape index (κ2) is 5.61. The third-order valence-electron chi connectivity index (χ3n) is 4.39. The summed E-state index contributed by atoms with van der Waals surface area (Å²) in [7, 11) is -2.15. The molecule has 0 aromatic heterocycles. The highest BCUT2D eigenvalue weighted by Gasteiger charge is 2.45. The monoisotopic (exact) mass is 349 g/mol. The minimum absolute atomic E-state index is 0.114. The lowest BCUT2D eigenvalue weighted by atomic mass is 10.1. The molecule has 1 aliphatic heterocycles. The first kappa shape index (κ1) is 15.4. The van der Waals surface area contributed by atoms with Crippen LogP contribution in [-0.4, -0.2) is 32.4 Å². The Bertz CT molecular complexity index is 662. The highest BCUT2D eigenvalue weighted by Crippen LogP contribution is 2.43. The number of piperidine rings is 1. The van der Waals surface area contributed by atoms with Crippen LogP contribution in [0.1, 0.15) is 24.8 Å². The van der Waals surface area contributed by atoms with Crippen molar-refractivity contribution in [2.45, 2.75) is 36.1 Å². The Morgan fingerprint density at radius 3 is 2.67 bits per heavy atom. The van der Waals surface area contributed by atoms with Gasteiger partial charge in [-0.2, -0.15) is 4.31 Å². The molecule has 2 bridgehead atoms. The molecule has 2 aliphatic rings. The van der Waals surface area contributed by atoms with Gasteiger partial charge in [-0.1, -0.05) is 11.6 Å². The summed E-state index contributed by atoms with van der Waals surface area (Å²) in [4.78, 5) is 0.126. The van der Waals surface area contributed by atoms with Crippen molar-refractivity contribution in [3.63, 3.8) is 0 Å². The number of hydrogen-bond donors (Lipinski definition) is 0. The van der Waals surface area contributed by atoms with Crippen LogP contribution in [0.15, 0.2) is 17.0 Å². The Hall–Kier alpha value is -0.490. The van der Waals surface area contributed by atoms with Crippen LogP contribution >= 0.6 is 23.2 Å². The Morgan fingerprint density at radius 2 is 2.14 bits per heavy atom. The average Bonchev–Trinajstić information content (AvgIpc) is 3.09. The van der Waals surface area contributed by atoms with E-state index in [9.17, 15) is 8.42 Å². The van der Waals surface area contributed by atoms with Gasteiger partial charge in [0.2, 0.25) is 10.0 Å². The van der Waals surface area contributed by atoms with Crippen LogP contribution in [0.5, 0.6) is 5.75 Å². The molecular formula is C14H17Cl2NO3S. The van der Waals surface area contributed by atoms with E-state index in [0.717, 1.165) is 19.3 Å². The molecule has 7 heteroatoms. The summed E-state index contributed by atoms with van der Waals surface area (Å²) in [5.41, 5.74) is 0.592. The van der Waals surface area contributed by atoms with Crippen LogP contribution < -0.4 is 4.74 Å². The molecule has 1 aliphatic carbocycles. The molecule has 2 fully saturated rings. The molecule has 0 amide bonds. The predicted octanol–water partition coefficient (Wildman–Crippen LogP) is 3.26. The maximum atomic E-state index is 13.0. The van der Waals surface area contributed by atoms with E-state index < -0.39 is 10.0 Å². The zero-order chi connectivity index (χ0) is 15.2. The topological polar surface area (TPSA) is 46.6 Å². The van der Waals surface area contributed by atoms with Crippen LogP contribution in [0.3, 0.4) is 0 Å². The van der Waals surface area contributed by atoms with Crippen LogP contribution in [0.4, 0.5) is 0 Å². The molecule has 2 atom stereocenters. The van der Waals surface area contributed by atoms with Gasteiger partial charge in [0.25, 0.3) is 0 Å². The van der Waals surface area contributed by atoms with E-state index in [1.807, 2.05) is 0 Å². The lowest BCUT2D eigenvalue weighted by molar-refractivity contribution is 0.330. The molecule has 0 radical (unpaired) electrons. The summed E-state index contributed by atoms with van der Waals surface area (Å²) in [6, 6.07) is 3.21. The molecule has 1 aromatic carbocycles. The summed E-state index contributed by atoms with van der Waals surface area (Å²) in [5.74, 6) is 0.942. The van der Waals surface area contributed by atoms with Crippen molar-refractivity contribution in [1.82, 2.24) is 4.31 Å². The van der Waals surface area contributed by atoms with Crippen LogP contribution in [0.25, 0.3) is 0 Å². The van der Waals surface area contributed by atoms with Crippen molar-refractivity contribution >= 4 is 33.2 Å². The number of nitrogens with zero attached hydrogens (tertiary/aromatic N) is 1. The van der Waals surface area contributed by atoms with Gasteiger partial charge < -0.3 is 4.74 Å². The van der Waals surface area contributed by atoms with Gasteiger partial charge in [0.05, 0.1) is 13.0 Å². The fourth-order valence-corrected chi connectivity index (χ4v) is 5.92. The molecule has 21 heavy (non-hydrogen) atoms. The van der Waals surface area contributed by atoms with Crippen molar-refractivity contribution in [2.75, 3.05) is 13.7 Å². The first-order chi connectivity index (χ1) is 9.97. The zero-order valence-corrected chi connectivity index (χ0v) is 14.0. The van der Waals surface area contributed by atoms with Crippen LogP contribution in [0.2, 0.25) is 5.02 Å². The minimum atomic E-state index is -3.60. The quantitative estimate of drug-likeness (QED) is 0.783. The number of hydrogen-bond acceptors (Lipinski definition) is 3. The van der Waals surface area contributed by atoms with Gasteiger partial charge in [-0.25, -0.2) is 8.42 Å². The molecule has 0 spiro atoms. The highest BCUT2D eigenvalue weighted by atomic mass is 35.5. The van der Waals surface area contributed by atoms with Gasteiger partial charge in [-0.05, 0) is 37.3 Å². The molecule has 116 valence electrons. The van der Waals surface area contributed by atoms with Crippen molar-refractivity contribution in [1.29, 1.82) is 0 Å². The molecule has 3 rings (SSSR count). The molecule has 2 unspecified atom stereocenters. The number of halogens is 2. The number of fused-ring (bicyclic) bond motifs is 2. The van der Waals surface area contributed by atoms with Gasteiger partial charge >= 0.3 is 0 Å². The molecule has 1 saturated heterocycles. The van der Waals surface area contributed by atoms with Gasteiger partial charge in [0.1, 0.15) is 10.6 Å². The molecule has 1 saturated carbocycles. The Morgan fingerprint density at radius 1 is 1.38 bits per heavy atom. The zero-order valence-electron chi connectivity index (χ0n) is 11.7. The second-order valence-corrected chi connectivity index (χ2v) is 8.20. The highest BCUT2D eigenvalue weighted by molar-refractivity contribution is 7.89. The van der Waals surface area contributed by atoms with E-state index in [0.29, 0.717) is 28.8 Å². The summed E-state index contributed by atoms with van der Waals surface area (Å²) >= 11 is 11.9. The molecule has 4 nitrogen and oxygen atoms in total. The number of ether oxygens (including phenoxy) is 1. The van der Waals surface area contributed by atoms with E-state index in [2.05, 4.69) is 0 Å². The van der Waals surface area contributed by atoms with E-state index >= 15 is 0 Å². The van der Waals surface area contributed by atoms with Crippen molar-refractivity contribution in [2.24, 2.45) is 5.92 Å². The SMILES string of the molecule is COc1c(CCl)cc(Cl)cc1S(=O)(=O)N1CC2CCC1C2. The fraction of sp³-hybridized carbons (Fsp3) is 0.571.